The van der Waals surface area contributed by atoms with Crippen LogP contribution in [0.4, 0.5) is 5.69 Å². The Bertz CT molecular complexity index is 697. The number of nitrogens with one attached hydrogen (secondary N) is 1. The zero-order chi connectivity index (χ0) is 15.5. The Labute approximate surface area is 136 Å². The summed E-state index contributed by atoms with van der Waals surface area (Å²) in [4.78, 5) is 25.8. The molecule has 0 spiro atoms. The smallest absolute Gasteiger partial charge is 0.286 e. The van der Waals surface area contributed by atoms with Gasteiger partial charge in [-0.1, -0.05) is 22.0 Å². The van der Waals surface area contributed by atoms with Crippen molar-refractivity contribution in [1.82, 2.24) is 5.32 Å². The lowest BCUT2D eigenvalue weighted by molar-refractivity contribution is -0.118. The molecule has 1 aromatic carbocycles. The van der Waals surface area contributed by atoms with E-state index in [1.807, 2.05) is 18.2 Å². The van der Waals surface area contributed by atoms with Gasteiger partial charge in [0.05, 0.1) is 6.26 Å². The molecule has 1 aromatic heterocycles. The number of anilines is 1. The number of halogens is 1. The molecule has 114 valence electrons. The Morgan fingerprint density at radius 2 is 2.18 bits per heavy atom. The average Bonchev–Trinajstić information content (AvgIpc) is 3.16. The first-order chi connectivity index (χ1) is 10.6. The molecule has 2 amide bonds. The van der Waals surface area contributed by atoms with Crippen LogP contribution in [0.3, 0.4) is 0 Å². The van der Waals surface area contributed by atoms with Crippen LogP contribution in [0.15, 0.2) is 45.5 Å². The van der Waals surface area contributed by atoms with E-state index in [4.69, 9.17) is 4.42 Å². The summed E-state index contributed by atoms with van der Waals surface area (Å²) in [6.45, 7) is 0.981. The van der Waals surface area contributed by atoms with E-state index in [1.165, 1.54) is 11.8 Å². The largest absolute Gasteiger partial charge is 0.459 e. The molecule has 1 aliphatic rings. The summed E-state index contributed by atoms with van der Waals surface area (Å²) in [6.07, 6.45) is 2.57. The Kier molecular flexibility index (Phi) is 4.29. The van der Waals surface area contributed by atoms with E-state index >= 15 is 0 Å². The second-order valence-corrected chi connectivity index (χ2v) is 5.97. The highest BCUT2D eigenvalue weighted by Gasteiger charge is 2.24. The summed E-state index contributed by atoms with van der Waals surface area (Å²) in [5.74, 6) is -0.0399. The van der Waals surface area contributed by atoms with E-state index in [1.54, 1.807) is 17.0 Å². The fourth-order valence-corrected chi connectivity index (χ4v) is 2.87. The lowest BCUT2D eigenvalue weighted by Crippen LogP contribution is -2.33. The Balaban J connectivity index is 1.56. The quantitative estimate of drug-likeness (QED) is 0.909. The van der Waals surface area contributed by atoms with Crippen LogP contribution in [0.2, 0.25) is 0 Å². The second-order valence-electron chi connectivity index (χ2n) is 5.05. The molecule has 0 aliphatic carbocycles. The zero-order valence-electron chi connectivity index (χ0n) is 11.8. The van der Waals surface area contributed by atoms with Crippen LogP contribution in [-0.4, -0.2) is 24.9 Å². The molecule has 22 heavy (non-hydrogen) atoms. The summed E-state index contributed by atoms with van der Waals surface area (Å²) in [5, 5.41) is 2.69. The number of furan rings is 1. The van der Waals surface area contributed by atoms with Crippen molar-refractivity contribution in [3.05, 3.63) is 52.4 Å². The first kappa shape index (κ1) is 14.8. The Morgan fingerprint density at radius 1 is 1.32 bits per heavy atom. The van der Waals surface area contributed by atoms with Crippen LogP contribution in [0.1, 0.15) is 22.5 Å². The van der Waals surface area contributed by atoms with Gasteiger partial charge in [0.15, 0.2) is 5.76 Å². The van der Waals surface area contributed by atoms with Crippen molar-refractivity contribution >= 4 is 33.4 Å². The molecule has 6 heteroatoms. The van der Waals surface area contributed by atoms with Crippen molar-refractivity contribution in [2.45, 2.75) is 12.8 Å². The van der Waals surface area contributed by atoms with E-state index in [2.05, 4.69) is 21.2 Å². The number of carbonyl (C=O) groups excluding carboxylic acids is 2. The number of carbonyl (C=O) groups is 2. The fourth-order valence-electron chi connectivity index (χ4n) is 2.52. The number of hydrogen-bond acceptors (Lipinski definition) is 3. The normalized spacial score (nSPS) is 13.0. The van der Waals surface area contributed by atoms with E-state index in [-0.39, 0.29) is 30.5 Å². The van der Waals surface area contributed by atoms with Gasteiger partial charge in [0.25, 0.3) is 5.91 Å². The molecule has 0 saturated heterocycles. The highest BCUT2D eigenvalue weighted by Crippen LogP contribution is 2.31. The molecule has 0 saturated carbocycles. The van der Waals surface area contributed by atoms with Gasteiger partial charge in [0.2, 0.25) is 5.91 Å². The van der Waals surface area contributed by atoms with Crippen LogP contribution in [0.25, 0.3) is 0 Å². The van der Waals surface area contributed by atoms with E-state index in [0.717, 1.165) is 16.6 Å². The second kappa shape index (κ2) is 6.36. The van der Waals surface area contributed by atoms with Crippen molar-refractivity contribution in [2.75, 3.05) is 18.0 Å². The van der Waals surface area contributed by atoms with Gasteiger partial charge in [0, 0.05) is 29.7 Å². The molecule has 0 bridgehead atoms. The van der Waals surface area contributed by atoms with Gasteiger partial charge in [0.1, 0.15) is 0 Å². The molecule has 5 nitrogen and oxygen atoms in total. The number of benzene rings is 1. The summed E-state index contributed by atoms with van der Waals surface area (Å²) in [6, 6.07) is 9.22. The lowest BCUT2D eigenvalue weighted by Gasteiger charge is -2.17. The van der Waals surface area contributed by atoms with Crippen LogP contribution < -0.4 is 10.2 Å². The molecule has 2 aromatic rings. The third kappa shape index (κ3) is 3.06. The number of hydrogen-bond donors (Lipinski definition) is 1. The fraction of sp³-hybridized carbons (Fsp3) is 0.250. The maximum absolute atomic E-state index is 12.3. The molecular formula is C16H15BrN2O3. The monoisotopic (exact) mass is 362 g/mol. The summed E-state index contributed by atoms with van der Waals surface area (Å²) >= 11 is 3.43. The Morgan fingerprint density at radius 3 is 2.95 bits per heavy atom. The minimum Gasteiger partial charge on any atom is -0.459 e. The highest BCUT2D eigenvalue weighted by molar-refractivity contribution is 9.10. The lowest BCUT2D eigenvalue weighted by atomic mass is 10.2. The summed E-state index contributed by atoms with van der Waals surface area (Å²) in [7, 11) is 0. The van der Waals surface area contributed by atoms with E-state index in [0.29, 0.717) is 6.54 Å². The maximum Gasteiger partial charge on any atom is 0.286 e. The third-order valence-electron chi connectivity index (χ3n) is 3.61. The average molecular weight is 363 g/mol. The summed E-state index contributed by atoms with van der Waals surface area (Å²) in [5.41, 5.74) is 2.13. The van der Waals surface area contributed by atoms with Crippen molar-refractivity contribution < 1.29 is 14.0 Å². The number of nitrogens with zero attached hydrogens (tertiary/aromatic N) is 1. The van der Waals surface area contributed by atoms with Gasteiger partial charge in [-0.2, -0.15) is 0 Å². The SMILES string of the molecule is O=C(NCCC(=O)N1CCc2ccc(Br)cc21)c1ccco1. The van der Waals surface area contributed by atoms with Crippen LogP contribution in [0.5, 0.6) is 0 Å². The van der Waals surface area contributed by atoms with Gasteiger partial charge in [-0.05, 0) is 36.2 Å². The van der Waals surface area contributed by atoms with Gasteiger partial charge >= 0.3 is 0 Å². The maximum atomic E-state index is 12.3. The van der Waals surface area contributed by atoms with Gasteiger partial charge in [-0.3, -0.25) is 9.59 Å². The van der Waals surface area contributed by atoms with E-state index < -0.39 is 0 Å². The van der Waals surface area contributed by atoms with Crippen LogP contribution in [-0.2, 0) is 11.2 Å². The van der Waals surface area contributed by atoms with Crippen LogP contribution >= 0.6 is 15.9 Å². The van der Waals surface area contributed by atoms with Crippen molar-refractivity contribution in [3.63, 3.8) is 0 Å². The number of amides is 2. The molecule has 1 N–H and O–H groups in total. The van der Waals surface area contributed by atoms with Gasteiger partial charge in [-0.25, -0.2) is 0 Å². The highest BCUT2D eigenvalue weighted by atomic mass is 79.9. The standard InChI is InChI=1S/C16H15BrN2O3/c17-12-4-3-11-6-8-19(13(11)10-12)15(20)5-7-18-16(21)14-2-1-9-22-14/h1-4,9-10H,5-8H2,(H,18,21). The predicted molar refractivity (Wildman–Crippen MR) is 85.9 cm³/mol. The molecule has 0 atom stereocenters. The molecule has 1 aliphatic heterocycles. The predicted octanol–water partition coefficient (Wildman–Crippen LogP) is 2.75. The molecule has 3 rings (SSSR count). The molecule has 0 fully saturated rings. The van der Waals surface area contributed by atoms with Gasteiger partial charge in [-0.15, -0.1) is 0 Å². The molecule has 2 heterocycles. The third-order valence-corrected chi connectivity index (χ3v) is 4.11. The van der Waals surface area contributed by atoms with Crippen LogP contribution in [0, 0.1) is 0 Å². The molecule has 0 radical (unpaired) electrons. The molecule has 0 unspecified atom stereocenters. The van der Waals surface area contributed by atoms with Crippen molar-refractivity contribution in [3.8, 4) is 0 Å². The minimum atomic E-state index is -0.303. The minimum absolute atomic E-state index is 0.0107. The molecular weight excluding hydrogens is 348 g/mol. The Hall–Kier alpha value is -2.08. The van der Waals surface area contributed by atoms with Crippen molar-refractivity contribution in [2.24, 2.45) is 0 Å². The van der Waals surface area contributed by atoms with E-state index in [9.17, 15) is 9.59 Å². The first-order valence-corrected chi connectivity index (χ1v) is 7.85. The zero-order valence-corrected chi connectivity index (χ0v) is 13.4. The summed E-state index contributed by atoms with van der Waals surface area (Å²) < 4.78 is 5.96. The first-order valence-electron chi connectivity index (χ1n) is 7.05. The van der Waals surface area contributed by atoms with Crippen molar-refractivity contribution in [1.29, 1.82) is 0 Å². The number of rotatable bonds is 4. The topological polar surface area (TPSA) is 62.6 Å². The number of fused-ring (bicyclic) bond motifs is 1. The van der Waals surface area contributed by atoms with Gasteiger partial charge < -0.3 is 14.6 Å².